The van der Waals surface area contributed by atoms with Crippen molar-refractivity contribution in [3.8, 4) is 11.6 Å². The van der Waals surface area contributed by atoms with Gasteiger partial charge in [0, 0.05) is 38.3 Å². The summed E-state index contributed by atoms with van der Waals surface area (Å²) in [5.74, 6) is 3.34. The molecule has 0 atom stereocenters. The predicted octanol–water partition coefficient (Wildman–Crippen LogP) is 3.53. The van der Waals surface area contributed by atoms with Gasteiger partial charge in [0.1, 0.15) is 23.2 Å². The van der Waals surface area contributed by atoms with Crippen LogP contribution in [0, 0.1) is 6.92 Å². The van der Waals surface area contributed by atoms with E-state index in [1.54, 1.807) is 24.5 Å². The molecular formula is C22H22N4O3. The van der Waals surface area contributed by atoms with Crippen LogP contribution in [0.4, 0.5) is 5.82 Å². The Labute approximate surface area is 169 Å². The summed E-state index contributed by atoms with van der Waals surface area (Å²) in [6.45, 7) is 4.49. The zero-order valence-electron chi connectivity index (χ0n) is 16.2. The lowest BCUT2D eigenvalue weighted by Gasteiger charge is -2.35. The van der Waals surface area contributed by atoms with Crippen LogP contribution in [0.1, 0.15) is 11.6 Å². The van der Waals surface area contributed by atoms with Gasteiger partial charge in [-0.2, -0.15) is 4.98 Å². The number of aryl methyl sites for hydroxylation is 1. The van der Waals surface area contributed by atoms with Gasteiger partial charge in [0.05, 0.1) is 6.26 Å². The molecule has 1 saturated heterocycles. The molecule has 0 aliphatic carbocycles. The van der Waals surface area contributed by atoms with Crippen molar-refractivity contribution < 1.29 is 13.9 Å². The SMILES string of the molecule is Cc1nc(Oc2ccccc2)cc(N2CCN(C(=O)/C=C/c3ccco3)CC2)n1. The summed E-state index contributed by atoms with van der Waals surface area (Å²) in [6, 6.07) is 15.0. The monoisotopic (exact) mass is 390 g/mol. The van der Waals surface area contributed by atoms with Crippen molar-refractivity contribution in [1.82, 2.24) is 14.9 Å². The van der Waals surface area contributed by atoms with E-state index in [4.69, 9.17) is 9.15 Å². The number of hydrogen-bond donors (Lipinski definition) is 0. The van der Waals surface area contributed by atoms with Crippen molar-refractivity contribution in [1.29, 1.82) is 0 Å². The number of carbonyl (C=O) groups excluding carboxylic acids is 1. The van der Waals surface area contributed by atoms with Crippen LogP contribution >= 0.6 is 0 Å². The second-order valence-electron chi connectivity index (χ2n) is 6.69. The van der Waals surface area contributed by atoms with Crippen LogP contribution in [0.5, 0.6) is 11.6 Å². The lowest BCUT2D eigenvalue weighted by Crippen LogP contribution is -2.48. The first-order valence-electron chi connectivity index (χ1n) is 9.51. The average Bonchev–Trinajstić information content (AvgIpc) is 3.26. The minimum Gasteiger partial charge on any atom is -0.465 e. The molecule has 7 nitrogen and oxygen atoms in total. The number of aromatic nitrogens is 2. The second-order valence-corrected chi connectivity index (χ2v) is 6.69. The van der Waals surface area contributed by atoms with Crippen molar-refractivity contribution in [2.45, 2.75) is 6.92 Å². The molecule has 0 bridgehead atoms. The van der Waals surface area contributed by atoms with Gasteiger partial charge in [0.15, 0.2) is 0 Å². The molecule has 0 spiro atoms. The van der Waals surface area contributed by atoms with Gasteiger partial charge in [0.25, 0.3) is 0 Å². The Morgan fingerprint density at radius 1 is 1.07 bits per heavy atom. The normalized spacial score (nSPS) is 14.4. The Morgan fingerprint density at radius 3 is 2.59 bits per heavy atom. The van der Waals surface area contributed by atoms with Gasteiger partial charge in [0.2, 0.25) is 11.8 Å². The van der Waals surface area contributed by atoms with E-state index < -0.39 is 0 Å². The number of piperazine rings is 1. The molecule has 29 heavy (non-hydrogen) atoms. The number of hydrogen-bond acceptors (Lipinski definition) is 6. The summed E-state index contributed by atoms with van der Waals surface area (Å²) in [5.41, 5.74) is 0. The molecule has 4 rings (SSSR count). The van der Waals surface area contributed by atoms with Gasteiger partial charge >= 0.3 is 0 Å². The number of carbonyl (C=O) groups is 1. The first kappa shape index (κ1) is 18.7. The molecule has 3 heterocycles. The molecule has 2 aromatic heterocycles. The number of benzene rings is 1. The number of anilines is 1. The van der Waals surface area contributed by atoms with Gasteiger partial charge in [-0.1, -0.05) is 18.2 Å². The minimum absolute atomic E-state index is 0.0204. The number of amides is 1. The third-order valence-corrected chi connectivity index (χ3v) is 4.62. The highest BCUT2D eigenvalue weighted by molar-refractivity contribution is 5.91. The first-order chi connectivity index (χ1) is 14.2. The third kappa shape index (κ3) is 4.82. The number of rotatable bonds is 5. The van der Waals surface area contributed by atoms with Crippen molar-refractivity contribution >= 4 is 17.8 Å². The summed E-state index contributed by atoms with van der Waals surface area (Å²) in [6.07, 6.45) is 4.83. The topological polar surface area (TPSA) is 71.7 Å². The Balaban J connectivity index is 1.38. The molecule has 1 fully saturated rings. The van der Waals surface area contributed by atoms with E-state index in [1.165, 1.54) is 0 Å². The predicted molar refractivity (Wildman–Crippen MR) is 110 cm³/mol. The van der Waals surface area contributed by atoms with Crippen LogP contribution in [0.2, 0.25) is 0 Å². The summed E-state index contributed by atoms with van der Waals surface area (Å²) in [5, 5.41) is 0. The number of nitrogens with zero attached hydrogens (tertiary/aromatic N) is 4. The maximum atomic E-state index is 12.4. The highest BCUT2D eigenvalue weighted by atomic mass is 16.5. The lowest BCUT2D eigenvalue weighted by molar-refractivity contribution is -0.126. The Bertz CT molecular complexity index is 979. The zero-order valence-corrected chi connectivity index (χ0v) is 16.2. The molecule has 148 valence electrons. The van der Waals surface area contributed by atoms with Crippen molar-refractivity contribution in [2.24, 2.45) is 0 Å². The molecule has 0 unspecified atom stereocenters. The molecule has 7 heteroatoms. The summed E-state index contributed by atoms with van der Waals surface area (Å²) < 4.78 is 11.1. The van der Waals surface area contributed by atoms with Crippen LogP contribution in [-0.4, -0.2) is 47.0 Å². The van der Waals surface area contributed by atoms with Gasteiger partial charge in [-0.3, -0.25) is 4.79 Å². The van der Waals surface area contributed by atoms with Gasteiger partial charge in [-0.15, -0.1) is 0 Å². The largest absolute Gasteiger partial charge is 0.465 e. The fourth-order valence-electron chi connectivity index (χ4n) is 3.15. The third-order valence-electron chi connectivity index (χ3n) is 4.62. The molecular weight excluding hydrogens is 368 g/mol. The van der Waals surface area contributed by atoms with Crippen molar-refractivity contribution in [3.63, 3.8) is 0 Å². The molecule has 1 amide bonds. The molecule has 0 saturated carbocycles. The number of furan rings is 1. The van der Waals surface area contributed by atoms with Gasteiger partial charge in [-0.25, -0.2) is 4.98 Å². The minimum atomic E-state index is -0.0204. The van der Waals surface area contributed by atoms with Crippen molar-refractivity contribution in [2.75, 3.05) is 31.1 Å². The highest BCUT2D eigenvalue weighted by Gasteiger charge is 2.21. The molecule has 1 aromatic carbocycles. The zero-order chi connectivity index (χ0) is 20.1. The molecule has 1 aliphatic rings. The lowest BCUT2D eigenvalue weighted by atomic mass is 10.3. The quantitative estimate of drug-likeness (QED) is 0.621. The molecule has 0 N–H and O–H groups in total. The fraction of sp³-hybridized carbons (Fsp3) is 0.227. The Hall–Kier alpha value is -3.61. The summed E-state index contributed by atoms with van der Waals surface area (Å²) in [7, 11) is 0. The van der Waals surface area contributed by atoms with E-state index in [0.717, 1.165) is 11.6 Å². The van der Waals surface area contributed by atoms with E-state index in [0.29, 0.717) is 43.6 Å². The Morgan fingerprint density at radius 2 is 1.86 bits per heavy atom. The molecule has 0 radical (unpaired) electrons. The number of para-hydroxylation sites is 1. The molecule has 1 aliphatic heterocycles. The van der Waals surface area contributed by atoms with E-state index in [-0.39, 0.29) is 5.91 Å². The summed E-state index contributed by atoms with van der Waals surface area (Å²) >= 11 is 0. The van der Waals surface area contributed by atoms with Gasteiger partial charge in [-0.05, 0) is 37.3 Å². The highest BCUT2D eigenvalue weighted by Crippen LogP contribution is 2.24. The van der Waals surface area contributed by atoms with Crippen LogP contribution < -0.4 is 9.64 Å². The van der Waals surface area contributed by atoms with Gasteiger partial charge < -0.3 is 19.0 Å². The van der Waals surface area contributed by atoms with Crippen LogP contribution in [0.25, 0.3) is 6.08 Å². The van der Waals surface area contributed by atoms with E-state index >= 15 is 0 Å². The maximum absolute atomic E-state index is 12.4. The molecule has 3 aromatic rings. The van der Waals surface area contributed by atoms with E-state index in [9.17, 15) is 4.79 Å². The average molecular weight is 390 g/mol. The smallest absolute Gasteiger partial charge is 0.246 e. The van der Waals surface area contributed by atoms with Crippen LogP contribution in [0.3, 0.4) is 0 Å². The first-order valence-corrected chi connectivity index (χ1v) is 9.51. The fourth-order valence-corrected chi connectivity index (χ4v) is 3.15. The van der Waals surface area contributed by atoms with E-state index in [2.05, 4.69) is 14.9 Å². The van der Waals surface area contributed by atoms with Crippen LogP contribution in [-0.2, 0) is 4.79 Å². The van der Waals surface area contributed by atoms with Crippen LogP contribution in [0.15, 0.2) is 65.3 Å². The summed E-state index contributed by atoms with van der Waals surface area (Å²) in [4.78, 5) is 25.3. The maximum Gasteiger partial charge on any atom is 0.246 e. The Kier molecular flexibility index (Phi) is 5.56. The van der Waals surface area contributed by atoms with E-state index in [1.807, 2.05) is 54.3 Å². The standard InChI is InChI=1S/C22H22N4O3/c1-17-23-20(16-21(24-17)29-19-6-3-2-4-7-19)25-11-13-26(14-12-25)22(27)10-9-18-8-5-15-28-18/h2-10,15-16H,11-14H2,1H3/b10-9+. The van der Waals surface area contributed by atoms with Crippen molar-refractivity contribution in [3.05, 3.63) is 72.5 Å². The number of ether oxygens (including phenoxy) is 1. The second kappa shape index (κ2) is 8.60.